The Hall–Kier alpha value is -1.78. The summed E-state index contributed by atoms with van der Waals surface area (Å²) < 4.78 is 0. The van der Waals surface area contributed by atoms with Crippen LogP contribution in [-0.2, 0) is 6.54 Å². The number of hydrogen-bond acceptors (Lipinski definition) is 3. The number of anilines is 1. The number of aromatic nitrogens is 1. The van der Waals surface area contributed by atoms with Gasteiger partial charge < -0.3 is 14.7 Å². The number of nitrogens with zero attached hydrogens (tertiary/aromatic N) is 4. The quantitative estimate of drug-likeness (QED) is 0.672. The zero-order valence-corrected chi connectivity index (χ0v) is 10.6. The molecule has 1 aliphatic rings. The fourth-order valence-corrected chi connectivity index (χ4v) is 2.00. The fourth-order valence-electron chi connectivity index (χ4n) is 2.00. The minimum atomic E-state index is 0.0510. The molecule has 0 aromatic carbocycles. The standard InChI is InChI=1S/C12H18N4O/c1-14(2)12(17)16-8-7-15(3)11-10(9-16)5-4-6-13-11/h4-6H,7-9H2,1-3H3. The number of likely N-dealkylation sites (N-methyl/N-ethyl adjacent to an activating group) is 1. The highest BCUT2D eigenvalue weighted by molar-refractivity contribution is 5.74. The summed E-state index contributed by atoms with van der Waals surface area (Å²) in [7, 11) is 5.57. The zero-order valence-electron chi connectivity index (χ0n) is 10.6. The lowest BCUT2D eigenvalue weighted by Gasteiger charge is -2.24. The summed E-state index contributed by atoms with van der Waals surface area (Å²) >= 11 is 0. The molecule has 1 aliphatic heterocycles. The average Bonchev–Trinajstić information content (AvgIpc) is 2.48. The van der Waals surface area contributed by atoms with Crippen molar-refractivity contribution in [3.05, 3.63) is 23.9 Å². The van der Waals surface area contributed by atoms with E-state index in [1.165, 1.54) is 0 Å². The topological polar surface area (TPSA) is 39.7 Å². The molecule has 5 nitrogen and oxygen atoms in total. The van der Waals surface area contributed by atoms with Crippen molar-refractivity contribution in [2.45, 2.75) is 6.54 Å². The lowest BCUT2D eigenvalue weighted by Crippen LogP contribution is -2.40. The van der Waals surface area contributed by atoms with Gasteiger partial charge in [-0.3, -0.25) is 0 Å². The smallest absolute Gasteiger partial charge is 0.319 e. The van der Waals surface area contributed by atoms with E-state index in [0.29, 0.717) is 6.54 Å². The third-order valence-corrected chi connectivity index (χ3v) is 2.95. The number of hydrogen-bond donors (Lipinski definition) is 0. The minimum absolute atomic E-state index is 0.0510. The van der Waals surface area contributed by atoms with Gasteiger partial charge in [-0.05, 0) is 6.07 Å². The molecule has 0 fully saturated rings. The molecule has 0 unspecified atom stereocenters. The Bertz CT molecular complexity index is 419. The second kappa shape index (κ2) is 4.61. The molecule has 2 heterocycles. The van der Waals surface area contributed by atoms with Crippen LogP contribution in [0.2, 0.25) is 0 Å². The molecule has 5 heteroatoms. The molecule has 2 amide bonds. The Morgan fingerprint density at radius 3 is 2.88 bits per heavy atom. The highest BCUT2D eigenvalue weighted by atomic mass is 16.2. The molecule has 0 bridgehead atoms. The molecule has 0 saturated carbocycles. The number of pyridine rings is 1. The number of fused-ring (bicyclic) bond motifs is 1. The number of carbonyl (C=O) groups is 1. The summed E-state index contributed by atoms with van der Waals surface area (Å²) in [6, 6.07) is 3.99. The van der Waals surface area contributed by atoms with E-state index in [-0.39, 0.29) is 6.03 Å². The first-order valence-corrected chi connectivity index (χ1v) is 5.71. The Morgan fingerprint density at radius 1 is 1.41 bits per heavy atom. The van der Waals surface area contributed by atoms with Crippen LogP contribution >= 0.6 is 0 Å². The van der Waals surface area contributed by atoms with Crippen molar-refractivity contribution in [2.75, 3.05) is 39.1 Å². The molecule has 1 aromatic rings. The maximum Gasteiger partial charge on any atom is 0.319 e. The molecular formula is C12H18N4O. The van der Waals surface area contributed by atoms with Crippen LogP contribution < -0.4 is 4.90 Å². The van der Waals surface area contributed by atoms with Crippen molar-refractivity contribution in [1.29, 1.82) is 0 Å². The molecule has 0 N–H and O–H groups in total. The number of urea groups is 1. The fraction of sp³-hybridized carbons (Fsp3) is 0.500. The zero-order chi connectivity index (χ0) is 12.4. The van der Waals surface area contributed by atoms with Crippen molar-refractivity contribution in [2.24, 2.45) is 0 Å². The van der Waals surface area contributed by atoms with Crippen molar-refractivity contribution in [1.82, 2.24) is 14.8 Å². The van der Waals surface area contributed by atoms with Gasteiger partial charge in [0.25, 0.3) is 0 Å². The second-order valence-corrected chi connectivity index (χ2v) is 4.51. The Balaban J connectivity index is 2.26. The van der Waals surface area contributed by atoms with Gasteiger partial charge in [-0.15, -0.1) is 0 Å². The molecule has 1 aromatic heterocycles. The van der Waals surface area contributed by atoms with Crippen molar-refractivity contribution >= 4 is 11.8 Å². The normalized spacial score (nSPS) is 15.2. The lowest BCUT2D eigenvalue weighted by molar-refractivity contribution is 0.171. The number of rotatable bonds is 0. The molecule has 92 valence electrons. The van der Waals surface area contributed by atoms with Crippen LogP contribution in [0.25, 0.3) is 0 Å². The van der Waals surface area contributed by atoms with Crippen molar-refractivity contribution in [3.8, 4) is 0 Å². The molecule has 0 radical (unpaired) electrons. The van der Waals surface area contributed by atoms with E-state index in [2.05, 4.69) is 9.88 Å². The molecule has 2 rings (SSSR count). The molecule has 0 aliphatic carbocycles. The predicted octanol–water partition coefficient (Wildman–Crippen LogP) is 1.01. The van der Waals surface area contributed by atoms with E-state index >= 15 is 0 Å². The molecule has 0 spiro atoms. The first kappa shape index (κ1) is 11.7. The lowest BCUT2D eigenvalue weighted by atomic mass is 10.2. The van der Waals surface area contributed by atoms with E-state index in [4.69, 9.17) is 0 Å². The second-order valence-electron chi connectivity index (χ2n) is 4.51. The summed E-state index contributed by atoms with van der Waals surface area (Å²) in [5, 5.41) is 0. The van der Waals surface area contributed by atoms with Gasteiger partial charge in [0, 0.05) is 46.0 Å². The van der Waals surface area contributed by atoms with E-state index in [9.17, 15) is 4.79 Å². The third-order valence-electron chi connectivity index (χ3n) is 2.95. The van der Waals surface area contributed by atoms with E-state index < -0.39 is 0 Å². The van der Waals surface area contributed by atoms with Crippen molar-refractivity contribution < 1.29 is 4.79 Å². The van der Waals surface area contributed by atoms with Crippen LogP contribution in [0.4, 0.5) is 10.6 Å². The van der Waals surface area contributed by atoms with Gasteiger partial charge in [-0.25, -0.2) is 9.78 Å². The summed E-state index contributed by atoms with van der Waals surface area (Å²) in [6.45, 7) is 2.16. The van der Waals surface area contributed by atoms with Gasteiger partial charge in [-0.1, -0.05) is 6.07 Å². The predicted molar refractivity (Wildman–Crippen MR) is 67.0 cm³/mol. The van der Waals surface area contributed by atoms with Crippen LogP contribution in [0.1, 0.15) is 5.56 Å². The first-order valence-electron chi connectivity index (χ1n) is 5.71. The van der Waals surface area contributed by atoms with E-state index in [0.717, 1.165) is 24.5 Å². The summed E-state index contributed by atoms with van der Waals surface area (Å²) in [4.78, 5) is 21.9. The highest BCUT2D eigenvalue weighted by Gasteiger charge is 2.22. The van der Waals surface area contributed by atoms with Crippen LogP contribution in [0.3, 0.4) is 0 Å². The van der Waals surface area contributed by atoms with Gasteiger partial charge in [0.2, 0.25) is 0 Å². The monoisotopic (exact) mass is 234 g/mol. The maximum atomic E-state index is 12.0. The largest absolute Gasteiger partial charge is 0.358 e. The van der Waals surface area contributed by atoms with Crippen LogP contribution in [-0.4, -0.2) is 55.0 Å². The first-order chi connectivity index (χ1) is 8.09. The Kier molecular flexibility index (Phi) is 3.17. The Labute approximate surface area is 102 Å². The number of carbonyl (C=O) groups excluding carboxylic acids is 1. The molecule has 0 saturated heterocycles. The summed E-state index contributed by atoms with van der Waals surface area (Å²) in [6.07, 6.45) is 1.79. The van der Waals surface area contributed by atoms with Gasteiger partial charge in [0.15, 0.2) is 0 Å². The van der Waals surface area contributed by atoms with E-state index in [1.54, 1.807) is 25.2 Å². The molecular weight excluding hydrogens is 216 g/mol. The molecule has 0 atom stereocenters. The summed E-state index contributed by atoms with van der Waals surface area (Å²) in [5.74, 6) is 0.974. The Morgan fingerprint density at radius 2 is 2.18 bits per heavy atom. The maximum absolute atomic E-state index is 12.0. The third kappa shape index (κ3) is 2.33. The van der Waals surface area contributed by atoms with Crippen LogP contribution in [0.15, 0.2) is 18.3 Å². The van der Waals surface area contributed by atoms with Gasteiger partial charge in [-0.2, -0.15) is 0 Å². The van der Waals surface area contributed by atoms with E-state index in [1.807, 2.05) is 24.1 Å². The molecule has 17 heavy (non-hydrogen) atoms. The van der Waals surface area contributed by atoms with Crippen LogP contribution in [0.5, 0.6) is 0 Å². The van der Waals surface area contributed by atoms with Crippen molar-refractivity contribution in [3.63, 3.8) is 0 Å². The number of amides is 2. The average molecular weight is 234 g/mol. The minimum Gasteiger partial charge on any atom is -0.358 e. The summed E-state index contributed by atoms with van der Waals surface area (Å²) in [5.41, 5.74) is 1.10. The van der Waals surface area contributed by atoms with Gasteiger partial charge in [0.1, 0.15) is 5.82 Å². The van der Waals surface area contributed by atoms with Gasteiger partial charge >= 0.3 is 6.03 Å². The van der Waals surface area contributed by atoms with Crippen LogP contribution in [0, 0.1) is 0 Å². The van der Waals surface area contributed by atoms with Gasteiger partial charge in [0.05, 0.1) is 6.54 Å². The SMILES string of the molecule is CN(C)C(=O)N1CCN(C)c2ncccc2C1. The highest BCUT2D eigenvalue weighted by Crippen LogP contribution is 2.21.